The lowest BCUT2D eigenvalue weighted by molar-refractivity contribution is -0.141. The predicted molar refractivity (Wildman–Crippen MR) is 174 cm³/mol. The summed E-state index contributed by atoms with van der Waals surface area (Å²) in [6.07, 6.45) is 2.70. The first-order chi connectivity index (χ1) is 19.9. The summed E-state index contributed by atoms with van der Waals surface area (Å²) in [4.78, 5) is 29.3. The molecule has 0 spiro atoms. The molecule has 0 saturated carbocycles. The van der Waals surface area contributed by atoms with Crippen LogP contribution >= 0.6 is 15.9 Å². The molecular formula is C33H42BrN3O4S. The van der Waals surface area contributed by atoms with Crippen LogP contribution in [-0.4, -0.2) is 50.0 Å². The normalized spacial score (nSPS) is 12.8. The molecule has 3 aromatic rings. The molecule has 7 nitrogen and oxygen atoms in total. The fourth-order valence-corrected chi connectivity index (χ4v) is 6.12. The summed E-state index contributed by atoms with van der Waals surface area (Å²) in [7, 11) is -3.57. The van der Waals surface area contributed by atoms with Gasteiger partial charge in [0.2, 0.25) is 21.8 Å². The number of carbonyl (C=O) groups excluding carboxylic acids is 2. The molecule has 0 bridgehead atoms. The quantitative estimate of drug-likeness (QED) is 0.225. The van der Waals surface area contributed by atoms with Gasteiger partial charge in [0.05, 0.1) is 11.9 Å². The maximum Gasteiger partial charge on any atom is 0.243 e. The van der Waals surface area contributed by atoms with Gasteiger partial charge in [-0.3, -0.25) is 13.9 Å². The number of sulfonamides is 1. The number of amides is 2. The number of hydrogen-bond acceptors (Lipinski definition) is 4. The lowest BCUT2D eigenvalue weighted by atomic mass is 10.0. The third-order valence-corrected chi connectivity index (χ3v) is 9.13. The highest BCUT2D eigenvalue weighted by atomic mass is 79.9. The molecule has 3 aromatic carbocycles. The number of benzene rings is 3. The van der Waals surface area contributed by atoms with Gasteiger partial charge < -0.3 is 10.2 Å². The van der Waals surface area contributed by atoms with E-state index in [0.717, 1.165) is 33.1 Å². The van der Waals surface area contributed by atoms with Crippen LogP contribution in [0.25, 0.3) is 0 Å². The van der Waals surface area contributed by atoms with E-state index in [1.54, 1.807) is 11.0 Å². The molecule has 1 N–H and O–H groups in total. The van der Waals surface area contributed by atoms with Crippen molar-refractivity contribution in [2.75, 3.05) is 17.1 Å². The van der Waals surface area contributed by atoms with Gasteiger partial charge in [0.25, 0.3) is 0 Å². The van der Waals surface area contributed by atoms with Gasteiger partial charge in [-0.1, -0.05) is 71.4 Å². The lowest BCUT2D eigenvalue weighted by Gasteiger charge is -2.33. The van der Waals surface area contributed by atoms with E-state index >= 15 is 0 Å². The molecule has 2 amide bonds. The fourth-order valence-electron chi connectivity index (χ4n) is 4.71. The van der Waals surface area contributed by atoms with Crippen LogP contribution in [0, 0.1) is 13.8 Å². The number of aryl methyl sites for hydroxylation is 2. The van der Waals surface area contributed by atoms with E-state index in [4.69, 9.17) is 0 Å². The second-order valence-electron chi connectivity index (χ2n) is 10.9. The molecule has 0 aliphatic carbocycles. The molecule has 0 fully saturated rings. The zero-order valence-electron chi connectivity index (χ0n) is 25.1. The molecule has 42 heavy (non-hydrogen) atoms. The third-order valence-electron chi connectivity index (χ3n) is 7.44. The monoisotopic (exact) mass is 655 g/mol. The van der Waals surface area contributed by atoms with Gasteiger partial charge in [-0.25, -0.2) is 8.42 Å². The highest BCUT2D eigenvalue weighted by Gasteiger charge is 2.31. The molecule has 0 heterocycles. The van der Waals surface area contributed by atoms with Crippen LogP contribution in [0.4, 0.5) is 5.69 Å². The molecule has 0 aromatic heterocycles. The summed E-state index contributed by atoms with van der Waals surface area (Å²) >= 11 is 3.51. The number of nitrogens with one attached hydrogen (secondary N) is 1. The standard InChI is InChI=1S/C33H42BrN3O4S/c1-6-26(4)35-33(39)31(22-27-12-8-7-9-13-27)36(23-28-14-10-15-29(34)21-28)32(38)16-11-19-37(42(5,40)41)30-18-17-24(2)25(3)20-30/h7-10,12-15,17-18,20-21,26,31H,6,11,16,19,22-23H2,1-5H3,(H,35,39)/t26-,31-/m0/s1. The van der Waals surface area contributed by atoms with Crippen LogP contribution in [0.2, 0.25) is 0 Å². The molecule has 0 saturated heterocycles. The Morgan fingerprint density at radius 3 is 2.24 bits per heavy atom. The predicted octanol–water partition coefficient (Wildman–Crippen LogP) is 6.17. The zero-order chi connectivity index (χ0) is 30.9. The van der Waals surface area contributed by atoms with E-state index < -0.39 is 16.1 Å². The number of nitrogens with zero attached hydrogens (tertiary/aromatic N) is 2. The molecule has 2 atom stereocenters. The van der Waals surface area contributed by atoms with Crippen LogP contribution in [0.1, 0.15) is 55.4 Å². The molecule has 9 heteroatoms. The van der Waals surface area contributed by atoms with Crippen LogP contribution < -0.4 is 9.62 Å². The fraction of sp³-hybridized carbons (Fsp3) is 0.394. The number of carbonyl (C=O) groups is 2. The van der Waals surface area contributed by atoms with Crippen molar-refractivity contribution in [3.63, 3.8) is 0 Å². The summed E-state index contributed by atoms with van der Waals surface area (Å²) in [6, 6.07) is 22.1. The molecule has 226 valence electrons. The Bertz CT molecular complexity index is 1460. The van der Waals surface area contributed by atoms with Gasteiger partial charge >= 0.3 is 0 Å². The summed E-state index contributed by atoms with van der Waals surface area (Å²) in [6.45, 7) is 8.28. The SMILES string of the molecule is CC[C@H](C)NC(=O)[C@H](Cc1ccccc1)N(Cc1cccc(Br)c1)C(=O)CCCN(c1ccc(C)c(C)c1)S(C)(=O)=O. The number of halogens is 1. The van der Waals surface area contributed by atoms with Crippen molar-refractivity contribution in [2.24, 2.45) is 0 Å². The Labute approximate surface area is 259 Å². The molecule has 0 radical (unpaired) electrons. The number of hydrogen-bond donors (Lipinski definition) is 1. The largest absolute Gasteiger partial charge is 0.352 e. The van der Waals surface area contributed by atoms with Gasteiger partial charge in [-0.05, 0) is 80.1 Å². The molecule has 3 rings (SSSR count). The van der Waals surface area contributed by atoms with Crippen molar-refractivity contribution in [3.05, 3.63) is 99.5 Å². The summed E-state index contributed by atoms with van der Waals surface area (Å²) in [5, 5.41) is 3.08. The Hall–Kier alpha value is -3.17. The van der Waals surface area contributed by atoms with Crippen molar-refractivity contribution >= 4 is 43.5 Å². The first-order valence-corrected chi connectivity index (χ1v) is 17.0. The molecule has 0 aliphatic heterocycles. The van der Waals surface area contributed by atoms with Crippen molar-refractivity contribution < 1.29 is 18.0 Å². The topological polar surface area (TPSA) is 86.8 Å². The van der Waals surface area contributed by atoms with E-state index in [0.29, 0.717) is 18.5 Å². The minimum absolute atomic E-state index is 0.0418. The zero-order valence-corrected chi connectivity index (χ0v) is 27.5. The van der Waals surface area contributed by atoms with Crippen LogP contribution in [-0.2, 0) is 32.6 Å². The smallest absolute Gasteiger partial charge is 0.243 e. The summed E-state index contributed by atoms with van der Waals surface area (Å²) in [5.74, 6) is -0.409. The minimum Gasteiger partial charge on any atom is -0.352 e. The van der Waals surface area contributed by atoms with E-state index in [-0.39, 0.29) is 37.4 Å². The Morgan fingerprint density at radius 2 is 1.62 bits per heavy atom. The van der Waals surface area contributed by atoms with Gasteiger partial charge in [0, 0.05) is 36.4 Å². The Morgan fingerprint density at radius 1 is 0.929 bits per heavy atom. The highest BCUT2D eigenvalue weighted by molar-refractivity contribution is 9.10. The first-order valence-electron chi connectivity index (χ1n) is 14.3. The average Bonchev–Trinajstić information content (AvgIpc) is 2.94. The van der Waals surface area contributed by atoms with E-state index in [9.17, 15) is 18.0 Å². The van der Waals surface area contributed by atoms with Gasteiger partial charge in [-0.2, -0.15) is 0 Å². The van der Waals surface area contributed by atoms with E-state index in [1.165, 1.54) is 10.6 Å². The molecule has 0 aliphatic rings. The lowest BCUT2D eigenvalue weighted by Crippen LogP contribution is -2.52. The molecular weight excluding hydrogens is 614 g/mol. The van der Waals surface area contributed by atoms with Crippen molar-refractivity contribution in [1.82, 2.24) is 10.2 Å². The van der Waals surface area contributed by atoms with E-state index in [1.807, 2.05) is 94.4 Å². The van der Waals surface area contributed by atoms with Gasteiger partial charge in [0.1, 0.15) is 6.04 Å². The van der Waals surface area contributed by atoms with Crippen molar-refractivity contribution in [3.8, 4) is 0 Å². The molecule has 0 unspecified atom stereocenters. The second-order valence-corrected chi connectivity index (χ2v) is 13.7. The van der Waals surface area contributed by atoms with Crippen LogP contribution in [0.15, 0.2) is 77.3 Å². The van der Waals surface area contributed by atoms with Gasteiger partial charge in [0.15, 0.2) is 0 Å². The minimum atomic E-state index is -3.57. The van der Waals surface area contributed by atoms with Gasteiger partial charge in [-0.15, -0.1) is 0 Å². The summed E-state index contributed by atoms with van der Waals surface area (Å²) < 4.78 is 27.7. The number of anilines is 1. The van der Waals surface area contributed by atoms with Crippen LogP contribution in [0.5, 0.6) is 0 Å². The highest BCUT2D eigenvalue weighted by Crippen LogP contribution is 2.23. The van der Waals surface area contributed by atoms with Crippen molar-refractivity contribution in [2.45, 2.75) is 72.0 Å². The van der Waals surface area contributed by atoms with E-state index in [2.05, 4.69) is 21.2 Å². The first kappa shape index (κ1) is 33.3. The average molecular weight is 657 g/mol. The second kappa shape index (κ2) is 15.3. The van der Waals surface area contributed by atoms with Crippen LogP contribution in [0.3, 0.4) is 0 Å². The Kier molecular flexibility index (Phi) is 12.2. The Balaban J connectivity index is 1.90. The third kappa shape index (κ3) is 9.70. The maximum atomic E-state index is 14.0. The number of rotatable bonds is 14. The van der Waals surface area contributed by atoms with Crippen molar-refractivity contribution in [1.29, 1.82) is 0 Å². The summed E-state index contributed by atoms with van der Waals surface area (Å²) in [5.41, 5.74) is 4.49. The maximum absolute atomic E-state index is 14.0.